The van der Waals surface area contributed by atoms with Gasteiger partial charge in [0.15, 0.2) is 5.96 Å². The second-order valence-electron chi connectivity index (χ2n) is 7.44. The lowest BCUT2D eigenvalue weighted by Gasteiger charge is -2.22. The number of nitrogens with zero attached hydrogens (tertiary/aromatic N) is 2. The molecule has 0 saturated carbocycles. The van der Waals surface area contributed by atoms with Crippen LogP contribution in [0.1, 0.15) is 45.2 Å². The number of hydrogen-bond donors (Lipinski definition) is 2. The highest BCUT2D eigenvalue weighted by Gasteiger charge is 2.11. The zero-order chi connectivity index (χ0) is 20.4. The first kappa shape index (κ1) is 27.1. The molecule has 6 nitrogen and oxygen atoms in total. The van der Waals surface area contributed by atoms with Gasteiger partial charge in [-0.3, -0.25) is 4.90 Å². The van der Waals surface area contributed by atoms with E-state index in [0.29, 0.717) is 25.0 Å². The third kappa shape index (κ3) is 11.2. The number of guanidine groups is 1. The smallest absolute Gasteiger partial charge is 0.191 e. The van der Waals surface area contributed by atoms with Gasteiger partial charge in [0.2, 0.25) is 0 Å². The summed E-state index contributed by atoms with van der Waals surface area (Å²) < 4.78 is 22.7. The van der Waals surface area contributed by atoms with Crippen molar-refractivity contribution in [3.63, 3.8) is 0 Å². The highest BCUT2D eigenvalue weighted by atomic mass is 127. The fourth-order valence-corrected chi connectivity index (χ4v) is 3.28. The van der Waals surface area contributed by atoms with Crippen molar-refractivity contribution in [3.8, 4) is 0 Å². The maximum Gasteiger partial charge on any atom is 0.191 e. The minimum Gasteiger partial charge on any atom is -0.357 e. The summed E-state index contributed by atoms with van der Waals surface area (Å²) in [5.74, 6) is 0.885. The van der Waals surface area contributed by atoms with E-state index in [-0.39, 0.29) is 35.8 Å². The van der Waals surface area contributed by atoms with E-state index in [0.717, 1.165) is 13.1 Å². The Morgan fingerprint density at radius 3 is 2.32 bits per heavy atom. The van der Waals surface area contributed by atoms with Crippen molar-refractivity contribution in [3.05, 3.63) is 35.4 Å². The zero-order valence-electron chi connectivity index (χ0n) is 18.0. The molecule has 2 N–H and O–H groups in total. The molecule has 1 unspecified atom stereocenters. The van der Waals surface area contributed by atoms with E-state index in [1.54, 1.807) is 0 Å². The van der Waals surface area contributed by atoms with Gasteiger partial charge in [0.25, 0.3) is 0 Å². The van der Waals surface area contributed by atoms with E-state index in [4.69, 9.17) is 4.99 Å². The maximum absolute atomic E-state index is 11.4. The van der Waals surface area contributed by atoms with Crippen LogP contribution in [0.2, 0.25) is 0 Å². The molecule has 0 saturated heterocycles. The summed E-state index contributed by atoms with van der Waals surface area (Å²) in [6.07, 6.45) is 1.82. The number of benzene rings is 1. The summed E-state index contributed by atoms with van der Waals surface area (Å²) in [4.78, 5) is 7.01. The van der Waals surface area contributed by atoms with E-state index in [2.05, 4.69) is 54.6 Å². The lowest BCUT2D eigenvalue weighted by Crippen LogP contribution is -2.42. The molecular weight excluding hydrogens is 487 g/mol. The summed E-state index contributed by atoms with van der Waals surface area (Å²) in [6.45, 7) is 10.6. The molecule has 0 amide bonds. The van der Waals surface area contributed by atoms with E-state index < -0.39 is 9.84 Å². The Balaban J connectivity index is 0.00000729. The molecule has 162 valence electrons. The summed E-state index contributed by atoms with van der Waals surface area (Å²) in [5, 5.41) is 6.54. The standard InChI is InChI=1S/C20H36N4O2S.HI/c1-7-21-20(23-17(4)12-13-27(6,25)26)22-14-18-10-8-9-11-19(18)15-24(5)16(2)3;/h8-11,16-17H,7,12-15H2,1-6H3,(H2,21,22,23);1H. The first-order valence-corrected chi connectivity index (χ1v) is 11.7. The largest absolute Gasteiger partial charge is 0.357 e. The molecule has 0 aliphatic rings. The van der Waals surface area contributed by atoms with E-state index >= 15 is 0 Å². The number of hydrogen-bond acceptors (Lipinski definition) is 4. The second kappa shape index (κ2) is 13.4. The van der Waals surface area contributed by atoms with Crippen molar-refractivity contribution in [1.29, 1.82) is 0 Å². The normalized spacial score (nSPS) is 13.4. The summed E-state index contributed by atoms with van der Waals surface area (Å²) >= 11 is 0. The molecule has 0 bridgehead atoms. The van der Waals surface area contributed by atoms with Crippen molar-refractivity contribution < 1.29 is 8.42 Å². The molecule has 0 heterocycles. The van der Waals surface area contributed by atoms with Gasteiger partial charge in [0.05, 0.1) is 12.3 Å². The summed E-state index contributed by atoms with van der Waals surface area (Å²) in [6, 6.07) is 8.88. The highest BCUT2D eigenvalue weighted by molar-refractivity contribution is 14.0. The van der Waals surface area contributed by atoms with Crippen LogP contribution < -0.4 is 10.6 Å². The van der Waals surface area contributed by atoms with Gasteiger partial charge in [-0.25, -0.2) is 13.4 Å². The van der Waals surface area contributed by atoms with Crippen LogP contribution in [0.4, 0.5) is 0 Å². The predicted molar refractivity (Wildman–Crippen MR) is 130 cm³/mol. The van der Waals surface area contributed by atoms with Crippen molar-refractivity contribution in [1.82, 2.24) is 15.5 Å². The molecule has 8 heteroatoms. The predicted octanol–water partition coefficient (Wildman–Crippen LogP) is 3.02. The molecule has 1 rings (SSSR count). The van der Waals surface area contributed by atoms with E-state index in [1.165, 1.54) is 17.4 Å². The first-order chi connectivity index (χ1) is 12.6. The fraction of sp³-hybridized carbons (Fsp3) is 0.650. The summed E-state index contributed by atoms with van der Waals surface area (Å²) in [7, 11) is -0.827. The van der Waals surface area contributed by atoms with Gasteiger partial charge in [-0.05, 0) is 52.3 Å². The van der Waals surface area contributed by atoms with Crippen molar-refractivity contribution >= 4 is 39.8 Å². The molecular formula is C20H37IN4O2S. The number of aliphatic imine (C=N–C) groups is 1. The molecule has 1 aromatic rings. The molecule has 0 aliphatic carbocycles. The van der Waals surface area contributed by atoms with E-state index in [1.807, 2.05) is 19.9 Å². The van der Waals surface area contributed by atoms with Gasteiger partial charge in [-0.1, -0.05) is 24.3 Å². The molecule has 0 fully saturated rings. The molecule has 1 atom stereocenters. The molecule has 0 radical (unpaired) electrons. The van der Waals surface area contributed by atoms with Gasteiger partial charge in [-0.15, -0.1) is 24.0 Å². The van der Waals surface area contributed by atoms with Crippen LogP contribution in [0.15, 0.2) is 29.3 Å². The second-order valence-corrected chi connectivity index (χ2v) is 9.70. The average Bonchev–Trinajstić information content (AvgIpc) is 2.58. The third-order valence-electron chi connectivity index (χ3n) is 4.48. The lowest BCUT2D eigenvalue weighted by atomic mass is 10.1. The first-order valence-electron chi connectivity index (χ1n) is 9.62. The quantitative estimate of drug-likeness (QED) is 0.280. The Hall–Kier alpha value is -0.870. The van der Waals surface area contributed by atoms with E-state index in [9.17, 15) is 8.42 Å². The third-order valence-corrected chi connectivity index (χ3v) is 5.45. The molecule has 0 aromatic heterocycles. The van der Waals surface area contributed by atoms with Gasteiger partial charge in [0.1, 0.15) is 9.84 Å². The molecule has 0 aliphatic heterocycles. The van der Waals surface area contributed by atoms with Crippen molar-refractivity contribution in [2.75, 3.05) is 25.6 Å². The number of nitrogens with one attached hydrogen (secondary N) is 2. The number of sulfone groups is 1. The Kier molecular flexibility index (Phi) is 13.0. The van der Waals surface area contributed by atoms with Gasteiger partial charge >= 0.3 is 0 Å². The Morgan fingerprint density at radius 1 is 1.18 bits per heavy atom. The zero-order valence-corrected chi connectivity index (χ0v) is 21.2. The molecule has 28 heavy (non-hydrogen) atoms. The number of rotatable bonds is 10. The SMILES string of the molecule is CCNC(=NCc1ccccc1CN(C)C(C)C)NC(C)CCS(C)(=O)=O.I. The minimum atomic E-state index is -2.95. The van der Waals surface area contributed by atoms with Crippen molar-refractivity contribution in [2.24, 2.45) is 4.99 Å². The summed E-state index contributed by atoms with van der Waals surface area (Å²) in [5.41, 5.74) is 2.48. The van der Waals surface area contributed by atoms with Crippen molar-refractivity contribution in [2.45, 2.75) is 59.3 Å². The monoisotopic (exact) mass is 524 g/mol. The van der Waals surface area contributed by atoms with Crippen LogP contribution in [0, 0.1) is 0 Å². The van der Waals surface area contributed by atoms with Gasteiger partial charge < -0.3 is 10.6 Å². The van der Waals surface area contributed by atoms with Crippen LogP contribution in [0.3, 0.4) is 0 Å². The minimum absolute atomic E-state index is 0. The molecule has 1 aromatic carbocycles. The number of halogens is 1. The maximum atomic E-state index is 11.4. The highest BCUT2D eigenvalue weighted by Crippen LogP contribution is 2.13. The van der Waals surface area contributed by atoms with Crippen LogP contribution >= 0.6 is 24.0 Å². The molecule has 0 spiro atoms. The Bertz CT molecular complexity index is 708. The fourth-order valence-electron chi connectivity index (χ4n) is 2.50. The average molecular weight is 525 g/mol. The Morgan fingerprint density at radius 2 is 1.79 bits per heavy atom. The van der Waals surface area contributed by atoms with Crippen LogP contribution in [-0.4, -0.2) is 57.0 Å². The van der Waals surface area contributed by atoms with Crippen LogP contribution in [-0.2, 0) is 22.9 Å². The topological polar surface area (TPSA) is 73.8 Å². The van der Waals surface area contributed by atoms with Gasteiger partial charge in [0, 0.05) is 31.4 Å². The van der Waals surface area contributed by atoms with Crippen LogP contribution in [0.25, 0.3) is 0 Å². The Labute approximate surface area is 188 Å². The lowest BCUT2D eigenvalue weighted by molar-refractivity contribution is 0.265. The van der Waals surface area contributed by atoms with Crippen LogP contribution in [0.5, 0.6) is 0 Å². The van der Waals surface area contributed by atoms with Gasteiger partial charge in [-0.2, -0.15) is 0 Å².